The Morgan fingerprint density at radius 1 is 1.40 bits per heavy atom. The quantitative estimate of drug-likeness (QED) is 0.654. The summed E-state index contributed by atoms with van der Waals surface area (Å²) in [5, 5.41) is 13.8. The lowest BCUT2D eigenvalue weighted by molar-refractivity contribution is -0.138. The highest BCUT2D eigenvalue weighted by Crippen LogP contribution is 2.24. The molecular weight excluding hydrogens is 196 g/mol. The van der Waals surface area contributed by atoms with Gasteiger partial charge in [0, 0.05) is 6.04 Å². The van der Waals surface area contributed by atoms with E-state index in [9.17, 15) is 9.59 Å². The second-order valence-corrected chi connectivity index (χ2v) is 4.19. The highest BCUT2D eigenvalue weighted by Gasteiger charge is 2.25. The topological polar surface area (TPSA) is 78.4 Å². The molecule has 0 aromatic heterocycles. The van der Waals surface area contributed by atoms with Crippen LogP contribution in [0.2, 0.25) is 0 Å². The molecule has 0 radical (unpaired) electrons. The van der Waals surface area contributed by atoms with Crippen molar-refractivity contribution in [2.45, 2.75) is 45.2 Å². The van der Waals surface area contributed by atoms with Crippen molar-refractivity contribution in [3.8, 4) is 0 Å². The van der Waals surface area contributed by atoms with Gasteiger partial charge in [-0.15, -0.1) is 0 Å². The Bertz CT molecular complexity index is 255. The van der Waals surface area contributed by atoms with Crippen molar-refractivity contribution in [2.75, 3.05) is 0 Å². The molecule has 0 aromatic rings. The maximum Gasteiger partial charge on any atom is 0.325 e. The number of nitrogens with one attached hydrogen (secondary N) is 2. The maximum atomic E-state index is 11.4. The molecule has 0 spiro atoms. The van der Waals surface area contributed by atoms with Gasteiger partial charge in [-0.25, -0.2) is 4.79 Å². The molecule has 0 aliphatic heterocycles. The average molecular weight is 214 g/mol. The van der Waals surface area contributed by atoms with Crippen molar-refractivity contribution in [2.24, 2.45) is 5.92 Å². The van der Waals surface area contributed by atoms with E-state index in [2.05, 4.69) is 17.6 Å². The van der Waals surface area contributed by atoms with E-state index >= 15 is 0 Å². The van der Waals surface area contributed by atoms with Crippen LogP contribution in [0.3, 0.4) is 0 Å². The summed E-state index contributed by atoms with van der Waals surface area (Å²) < 4.78 is 0. The van der Waals surface area contributed by atoms with E-state index in [1.165, 1.54) is 6.92 Å². The molecule has 2 amide bonds. The third-order valence-electron chi connectivity index (χ3n) is 2.90. The fourth-order valence-electron chi connectivity index (χ4n) is 1.83. The summed E-state index contributed by atoms with van der Waals surface area (Å²) in [7, 11) is 0. The molecule has 3 unspecified atom stereocenters. The van der Waals surface area contributed by atoms with Gasteiger partial charge in [0.15, 0.2) is 0 Å². The molecule has 5 heteroatoms. The van der Waals surface area contributed by atoms with Gasteiger partial charge in [-0.05, 0) is 25.7 Å². The lowest BCUT2D eigenvalue weighted by Crippen LogP contribution is -2.48. The molecule has 3 atom stereocenters. The monoisotopic (exact) mass is 214 g/mol. The minimum Gasteiger partial charge on any atom is -0.480 e. The van der Waals surface area contributed by atoms with Crippen LogP contribution in [0, 0.1) is 5.92 Å². The van der Waals surface area contributed by atoms with Crippen molar-refractivity contribution in [1.82, 2.24) is 10.6 Å². The molecule has 0 aromatic carbocycles. The van der Waals surface area contributed by atoms with Gasteiger partial charge in [0.2, 0.25) is 0 Å². The zero-order valence-electron chi connectivity index (χ0n) is 9.12. The molecule has 0 heterocycles. The SMILES string of the molecule is CC(NC(=O)NC1CCCC1C)C(=O)O. The summed E-state index contributed by atoms with van der Waals surface area (Å²) in [5.41, 5.74) is 0. The smallest absolute Gasteiger partial charge is 0.325 e. The Balaban J connectivity index is 2.32. The van der Waals surface area contributed by atoms with Gasteiger partial charge < -0.3 is 15.7 Å². The number of hydrogen-bond donors (Lipinski definition) is 3. The van der Waals surface area contributed by atoms with Crippen LogP contribution in [0.15, 0.2) is 0 Å². The van der Waals surface area contributed by atoms with Crippen molar-refractivity contribution < 1.29 is 14.7 Å². The summed E-state index contributed by atoms with van der Waals surface area (Å²) in [4.78, 5) is 21.9. The number of carbonyl (C=O) groups excluding carboxylic acids is 1. The van der Waals surface area contributed by atoms with Crippen LogP contribution in [0.4, 0.5) is 4.79 Å². The van der Waals surface area contributed by atoms with Gasteiger partial charge in [0.1, 0.15) is 6.04 Å². The first-order chi connectivity index (χ1) is 7.00. The fourth-order valence-corrected chi connectivity index (χ4v) is 1.83. The van der Waals surface area contributed by atoms with E-state index in [0.717, 1.165) is 19.3 Å². The first-order valence-electron chi connectivity index (χ1n) is 5.30. The van der Waals surface area contributed by atoms with Crippen molar-refractivity contribution >= 4 is 12.0 Å². The highest BCUT2D eigenvalue weighted by molar-refractivity contribution is 5.82. The molecule has 3 N–H and O–H groups in total. The zero-order valence-corrected chi connectivity index (χ0v) is 9.12. The molecular formula is C10H18N2O3. The molecule has 0 bridgehead atoms. The van der Waals surface area contributed by atoms with Crippen molar-refractivity contribution in [3.63, 3.8) is 0 Å². The summed E-state index contributed by atoms with van der Waals surface area (Å²) in [5.74, 6) is -0.541. The first kappa shape index (κ1) is 11.8. The Morgan fingerprint density at radius 2 is 2.07 bits per heavy atom. The van der Waals surface area contributed by atoms with Crippen LogP contribution >= 0.6 is 0 Å². The average Bonchev–Trinajstić information content (AvgIpc) is 2.51. The first-order valence-corrected chi connectivity index (χ1v) is 5.30. The van der Waals surface area contributed by atoms with Gasteiger partial charge in [0.05, 0.1) is 0 Å². The van der Waals surface area contributed by atoms with E-state index in [1.54, 1.807) is 0 Å². The molecule has 1 rings (SSSR count). The lowest BCUT2D eigenvalue weighted by Gasteiger charge is -2.18. The van der Waals surface area contributed by atoms with Crippen LogP contribution in [0.5, 0.6) is 0 Å². The Labute approximate surface area is 89.2 Å². The normalized spacial score (nSPS) is 27.1. The van der Waals surface area contributed by atoms with Crippen LogP contribution in [0.1, 0.15) is 33.1 Å². The van der Waals surface area contributed by atoms with E-state index < -0.39 is 12.0 Å². The number of carboxylic acids is 1. The standard InChI is InChI=1S/C10H18N2O3/c1-6-4-3-5-8(6)12-10(15)11-7(2)9(13)14/h6-8H,3-5H2,1-2H3,(H,13,14)(H2,11,12,15). The number of carboxylic acid groups (broad SMARTS) is 1. The van der Waals surface area contributed by atoms with E-state index in [-0.39, 0.29) is 12.1 Å². The number of rotatable bonds is 3. The lowest BCUT2D eigenvalue weighted by atomic mass is 10.1. The van der Waals surface area contributed by atoms with E-state index in [4.69, 9.17) is 5.11 Å². The second-order valence-electron chi connectivity index (χ2n) is 4.19. The molecule has 0 saturated heterocycles. The van der Waals surface area contributed by atoms with Gasteiger partial charge in [-0.3, -0.25) is 4.79 Å². The van der Waals surface area contributed by atoms with Gasteiger partial charge in [-0.2, -0.15) is 0 Å². The van der Waals surface area contributed by atoms with E-state index in [1.807, 2.05) is 0 Å². The summed E-state index contributed by atoms with van der Waals surface area (Å²) in [6, 6.07) is -1.05. The minimum absolute atomic E-state index is 0.186. The summed E-state index contributed by atoms with van der Waals surface area (Å²) >= 11 is 0. The molecule has 1 aliphatic carbocycles. The van der Waals surface area contributed by atoms with Crippen LogP contribution in [0.25, 0.3) is 0 Å². The summed E-state index contributed by atoms with van der Waals surface area (Å²) in [6.07, 6.45) is 3.23. The van der Waals surface area contributed by atoms with Gasteiger partial charge in [-0.1, -0.05) is 13.3 Å². The van der Waals surface area contributed by atoms with E-state index in [0.29, 0.717) is 5.92 Å². The molecule has 86 valence electrons. The molecule has 1 saturated carbocycles. The number of carbonyl (C=O) groups is 2. The van der Waals surface area contributed by atoms with Gasteiger partial charge >= 0.3 is 12.0 Å². The number of aliphatic carboxylic acids is 1. The van der Waals surface area contributed by atoms with Crippen molar-refractivity contribution in [1.29, 1.82) is 0 Å². The molecule has 1 aliphatic rings. The molecule has 1 fully saturated rings. The van der Waals surface area contributed by atoms with Crippen molar-refractivity contribution in [3.05, 3.63) is 0 Å². The molecule has 5 nitrogen and oxygen atoms in total. The minimum atomic E-state index is -1.02. The predicted octanol–water partition coefficient (Wildman–Crippen LogP) is 0.947. The third kappa shape index (κ3) is 3.42. The van der Waals surface area contributed by atoms with Crippen LogP contribution < -0.4 is 10.6 Å². The van der Waals surface area contributed by atoms with Gasteiger partial charge in [0.25, 0.3) is 0 Å². The zero-order chi connectivity index (χ0) is 11.4. The molecule has 15 heavy (non-hydrogen) atoms. The third-order valence-corrected chi connectivity index (χ3v) is 2.90. The number of amides is 2. The fraction of sp³-hybridized carbons (Fsp3) is 0.800. The second kappa shape index (κ2) is 5.00. The highest BCUT2D eigenvalue weighted by atomic mass is 16.4. The Kier molecular flexibility index (Phi) is 3.94. The maximum absolute atomic E-state index is 11.4. The van der Waals surface area contributed by atoms with Crippen LogP contribution in [-0.2, 0) is 4.79 Å². The largest absolute Gasteiger partial charge is 0.480 e. The summed E-state index contributed by atoms with van der Waals surface area (Å²) in [6.45, 7) is 3.54. The predicted molar refractivity (Wildman–Crippen MR) is 55.6 cm³/mol. The number of urea groups is 1. The Hall–Kier alpha value is -1.26. The number of hydrogen-bond acceptors (Lipinski definition) is 2. The van der Waals surface area contributed by atoms with Crippen LogP contribution in [-0.4, -0.2) is 29.2 Å². The Morgan fingerprint density at radius 3 is 2.53 bits per heavy atom.